The van der Waals surface area contributed by atoms with Crippen LogP contribution in [0.3, 0.4) is 0 Å². The van der Waals surface area contributed by atoms with Crippen LogP contribution in [0, 0.1) is 0 Å². The molecule has 1 atom stereocenters. The first-order chi connectivity index (χ1) is 11.2. The second-order valence-electron chi connectivity index (χ2n) is 5.46. The third-order valence-electron chi connectivity index (χ3n) is 3.87. The quantitative estimate of drug-likeness (QED) is 0.769. The molecule has 0 spiro atoms. The first-order valence-corrected chi connectivity index (χ1v) is 8.28. The Kier molecular flexibility index (Phi) is 3.55. The van der Waals surface area contributed by atoms with Crippen molar-refractivity contribution in [1.29, 1.82) is 0 Å². The van der Waals surface area contributed by atoms with Crippen LogP contribution >= 0.6 is 11.3 Å². The Morgan fingerprint density at radius 2 is 2.13 bits per heavy atom. The molecule has 8 heteroatoms. The van der Waals surface area contributed by atoms with Crippen LogP contribution in [0.2, 0.25) is 0 Å². The van der Waals surface area contributed by atoms with Crippen molar-refractivity contribution in [3.8, 4) is 11.4 Å². The molecule has 0 radical (unpaired) electrons. The summed E-state index contributed by atoms with van der Waals surface area (Å²) in [5.74, 6) is 1.81. The Labute approximate surface area is 137 Å². The van der Waals surface area contributed by atoms with E-state index in [1.165, 1.54) is 0 Å². The molecule has 118 valence electrons. The maximum Gasteiger partial charge on any atom is 0.219 e. The predicted molar refractivity (Wildman–Crippen MR) is 90.5 cm³/mol. The number of aromatic nitrogens is 4. The van der Waals surface area contributed by atoms with Gasteiger partial charge in [0.1, 0.15) is 10.6 Å². The number of hydrogen-bond acceptors (Lipinski definition) is 8. The number of thiophene rings is 1. The maximum absolute atomic E-state index is 5.56. The molecule has 7 nitrogen and oxygen atoms in total. The Morgan fingerprint density at radius 1 is 1.30 bits per heavy atom. The van der Waals surface area contributed by atoms with Gasteiger partial charge in [-0.3, -0.25) is 0 Å². The second kappa shape index (κ2) is 5.71. The summed E-state index contributed by atoms with van der Waals surface area (Å²) in [5.41, 5.74) is 6.32. The monoisotopic (exact) mass is 328 g/mol. The topological polar surface area (TPSA) is 90.0 Å². The average molecular weight is 328 g/mol. The molecule has 4 heterocycles. The highest BCUT2D eigenvalue weighted by Gasteiger charge is 2.23. The van der Waals surface area contributed by atoms with Crippen LogP contribution in [0.15, 0.2) is 23.8 Å². The molecule has 0 saturated carbocycles. The molecule has 0 aromatic carbocycles. The van der Waals surface area contributed by atoms with Crippen LogP contribution in [-0.4, -0.2) is 45.7 Å². The van der Waals surface area contributed by atoms with Gasteiger partial charge in [-0.2, -0.15) is 0 Å². The predicted octanol–water partition coefficient (Wildman–Crippen LogP) is 1.96. The number of ether oxygens (including phenoxy) is 1. The summed E-state index contributed by atoms with van der Waals surface area (Å²) < 4.78 is 5.54. The van der Waals surface area contributed by atoms with E-state index in [9.17, 15) is 0 Å². The molecule has 23 heavy (non-hydrogen) atoms. The summed E-state index contributed by atoms with van der Waals surface area (Å²) in [7, 11) is 0. The van der Waals surface area contributed by atoms with E-state index in [1.54, 1.807) is 23.7 Å². The van der Waals surface area contributed by atoms with Crippen molar-refractivity contribution in [3.63, 3.8) is 0 Å². The minimum atomic E-state index is 0.243. The van der Waals surface area contributed by atoms with Gasteiger partial charge < -0.3 is 15.4 Å². The Hall–Kier alpha value is -2.32. The molecule has 3 aromatic rings. The van der Waals surface area contributed by atoms with E-state index in [0.29, 0.717) is 19.0 Å². The number of fused-ring (bicyclic) bond motifs is 1. The number of rotatable bonds is 2. The van der Waals surface area contributed by atoms with Crippen LogP contribution in [0.1, 0.15) is 6.92 Å². The first kappa shape index (κ1) is 14.3. The van der Waals surface area contributed by atoms with Crippen LogP contribution in [0.5, 0.6) is 0 Å². The maximum atomic E-state index is 5.56. The lowest BCUT2D eigenvalue weighted by atomic mass is 10.2. The third kappa shape index (κ3) is 2.60. The zero-order valence-electron chi connectivity index (χ0n) is 12.6. The number of nitrogens with two attached hydrogens (primary N) is 1. The SMILES string of the molecule is C[C@H]1COCCN1c1nc(-c2cnc(N)nc2)nc2sccc12. The molecular weight excluding hydrogens is 312 g/mol. The Morgan fingerprint density at radius 3 is 2.91 bits per heavy atom. The molecule has 0 aliphatic carbocycles. The van der Waals surface area contributed by atoms with E-state index in [1.807, 2.05) is 5.38 Å². The van der Waals surface area contributed by atoms with E-state index in [-0.39, 0.29) is 12.0 Å². The number of hydrogen-bond donors (Lipinski definition) is 1. The molecule has 0 amide bonds. The summed E-state index contributed by atoms with van der Waals surface area (Å²) in [4.78, 5) is 20.7. The summed E-state index contributed by atoms with van der Waals surface area (Å²) in [6.45, 7) is 4.38. The molecule has 3 aromatic heterocycles. The van der Waals surface area contributed by atoms with Gasteiger partial charge in [0.05, 0.1) is 30.2 Å². The van der Waals surface area contributed by atoms with Crippen LogP contribution < -0.4 is 10.6 Å². The Balaban J connectivity index is 1.85. The number of anilines is 2. The van der Waals surface area contributed by atoms with Gasteiger partial charge >= 0.3 is 0 Å². The van der Waals surface area contributed by atoms with Crippen molar-refractivity contribution in [2.24, 2.45) is 0 Å². The van der Waals surface area contributed by atoms with Crippen LogP contribution in [0.4, 0.5) is 11.8 Å². The lowest BCUT2D eigenvalue weighted by Gasteiger charge is -2.34. The summed E-state index contributed by atoms with van der Waals surface area (Å²) in [6.07, 6.45) is 3.31. The molecule has 4 rings (SSSR count). The van der Waals surface area contributed by atoms with E-state index in [0.717, 1.165) is 28.1 Å². The number of nitrogen functional groups attached to an aromatic ring is 1. The first-order valence-electron chi connectivity index (χ1n) is 7.40. The fourth-order valence-corrected chi connectivity index (χ4v) is 3.44. The third-order valence-corrected chi connectivity index (χ3v) is 4.68. The van der Waals surface area contributed by atoms with Gasteiger partial charge in [0, 0.05) is 18.9 Å². The van der Waals surface area contributed by atoms with Gasteiger partial charge in [-0.05, 0) is 18.4 Å². The van der Waals surface area contributed by atoms with Crippen molar-refractivity contribution in [1.82, 2.24) is 19.9 Å². The van der Waals surface area contributed by atoms with Gasteiger partial charge in [-0.15, -0.1) is 11.3 Å². The minimum absolute atomic E-state index is 0.243. The standard InChI is InChI=1S/C15H16N6OS/c1-9-8-22-4-3-21(9)13-11-2-5-23-14(11)20-12(19-13)10-6-17-15(16)18-7-10/h2,5-7,9H,3-4,8H2,1H3,(H2,16,17,18)/t9-/m0/s1. The molecule has 1 fully saturated rings. The number of morpholine rings is 1. The molecule has 2 N–H and O–H groups in total. The zero-order chi connectivity index (χ0) is 15.8. The van der Waals surface area contributed by atoms with E-state index in [2.05, 4.69) is 32.8 Å². The normalized spacial score (nSPS) is 18.5. The highest BCUT2D eigenvalue weighted by atomic mass is 32.1. The highest BCUT2D eigenvalue weighted by Crippen LogP contribution is 2.32. The van der Waals surface area contributed by atoms with E-state index < -0.39 is 0 Å². The zero-order valence-corrected chi connectivity index (χ0v) is 13.5. The lowest BCUT2D eigenvalue weighted by Crippen LogP contribution is -2.44. The van der Waals surface area contributed by atoms with Gasteiger partial charge in [-0.1, -0.05) is 0 Å². The second-order valence-corrected chi connectivity index (χ2v) is 6.35. The van der Waals surface area contributed by atoms with E-state index in [4.69, 9.17) is 15.5 Å². The van der Waals surface area contributed by atoms with Crippen molar-refractivity contribution < 1.29 is 4.74 Å². The van der Waals surface area contributed by atoms with Gasteiger partial charge in [0.15, 0.2) is 5.82 Å². The van der Waals surface area contributed by atoms with Crippen molar-refractivity contribution in [2.75, 3.05) is 30.4 Å². The molecule has 0 unspecified atom stereocenters. The Bertz CT molecular complexity index is 834. The van der Waals surface area contributed by atoms with Gasteiger partial charge in [0.25, 0.3) is 0 Å². The summed E-state index contributed by atoms with van der Waals surface area (Å²) >= 11 is 1.60. The fraction of sp³-hybridized carbons (Fsp3) is 0.333. The fourth-order valence-electron chi connectivity index (χ4n) is 2.68. The average Bonchev–Trinajstić information content (AvgIpc) is 3.04. The minimum Gasteiger partial charge on any atom is -0.377 e. The van der Waals surface area contributed by atoms with Crippen LogP contribution in [-0.2, 0) is 4.74 Å². The molecule has 0 bridgehead atoms. The lowest BCUT2D eigenvalue weighted by molar-refractivity contribution is 0.0987. The van der Waals surface area contributed by atoms with Crippen molar-refractivity contribution in [2.45, 2.75) is 13.0 Å². The van der Waals surface area contributed by atoms with Gasteiger partial charge in [0.2, 0.25) is 5.95 Å². The van der Waals surface area contributed by atoms with E-state index >= 15 is 0 Å². The van der Waals surface area contributed by atoms with Crippen molar-refractivity contribution in [3.05, 3.63) is 23.8 Å². The molecule has 1 aliphatic heterocycles. The summed E-state index contributed by atoms with van der Waals surface area (Å²) in [6, 6.07) is 2.35. The molecule has 1 saturated heterocycles. The van der Waals surface area contributed by atoms with Crippen molar-refractivity contribution >= 4 is 33.3 Å². The smallest absolute Gasteiger partial charge is 0.219 e. The summed E-state index contributed by atoms with van der Waals surface area (Å²) in [5, 5.41) is 3.11. The molecular formula is C15H16N6OS. The largest absolute Gasteiger partial charge is 0.377 e. The number of nitrogens with zero attached hydrogens (tertiary/aromatic N) is 5. The van der Waals surface area contributed by atoms with Crippen LogP contribution in [0.25, 0.3) is 21.6 Å². The van der Waals surface area contributed by atoms with Gasteiger partial charge in [-0.25, -0.2) is 19.9 Å². The highest BCUT2D eigenvalue weighted by molar-refractivity contribution is 7.16. The molecule has 1 aliphatic rings.